The second-order valence-corrected chi connectivity index (χ2v) is 12.4. The number of aromatic amines is 1. The van der Waals surface area contributed by atoms with Gasteiger partial charge in [-0.3, -0.25) is 14.4 Å². The van der Waals surface area contributed by atoms with Crippen molar-refractivity contribution in [2.24, 2.45) is 5.92 Å². The van der Waals surface area contributed by atoms with Gasteiger partial charge in [-0.15, -0.1) is 11.3 Å². The van der Waals surface area contributed by atoms with Crippen LogP contribution in [0.5, 0.6) is 0 Å². The molecule has 1 saturated carbocycles. The van der Waals surface area contributed by atoms with Gasteiger partial charge in [0.15, 0.2) is 5.01 Å². The van der Waals surface area contributed by atoms with Gasteiger partial charge in [0.25, 0.3) is 11.8 Å². The van der Waals surface area contributed by atoms with E-state index in [2.05, 4.69) is 25.5 Å². The smallest absolute Gasteiger partial charge is 0.280 e. The summed E-state index contributed by atoms with van der Waals surface area (Å²) < 4.78 is 0. The number of amides is 3. The second-order valence-electron chi connectivity index (χ2n) is 10.9. The molecule has 206 valence electrons. The summed E-state index contributed by atoms with van der Waals surface area (Å²) in [5.74, 6) is -0.863. The van der Waals surface area contributed by atoms with Crippen LogP contribution >= 0.6 is 22.9 Å². The molecule has 0 radical (unpaired) electrons. The number of β-amino-alcohol motifs (C(OH)–C–C–N with tert-alkyl or cyclic N) is 1. The Morgan fingerprint density at radius 2 is 1.92 bits per heavy atom. The maximum absolute atomic E-state index is 13.3. The van der Waals surface area contributed by atoms with Crippen LogP contribution in [0, 0.1) is 5.92 Å². The number of aliphatic hydroxyl groups excluding tert-OH is 1. The number of nitrogens with one attached hydrogen (secondary N) is 3. The number of likely N-dealkylation sites (N-methyl/N-ethyl adjacent to an activating group) is 1. The predicted molar refractivity (Wildman–Crippen MR) is 148 cm³/mol. The van der Waals surface area contributed by atoms with Crippen molar-refractivity contribution >= 4 is 51.6 Å². The van der Waals surface area contributed by atoms with Crippen LogP contribution in [0.2, 0.25) is 5.02 Å². The number of aliphatic hydroxyl groups is 1. The Bertz CT molecular complexity index is 1430. The van der Waals surface area contributed by atoms with E-state index >= 15 is 0 Å². The molecule has 2 aromatic heterocycles. The largest absolute Gasteiger partial charge is 0.389 e. The Morgan fingerprint density at radius 1 is 1.13 bits per heavy atom. The molecule has 4 heterocycles. The second kappa shape index (κ2) is 10.5. The fourth-order valence-electron chi connectivity index (χ4n) is 5.74. The summed E-state index contributed by atoms with van der Waals surface area (Å²) >= 11 is 7.50. The third-order valence-corrected chi connectivity index (χ3v) is 9.27. The molecular weight excluding hydrogens is 540 g/mol. The van der Waals surface area contributed by atoms with E-state index in [-0.39, 0.29) is 29.7 Å². The van der Waals surface area contributed by atoms with E-state index in [1.165, 1.54) is 11.3 Å². The zero-order valence-corrected chi connectivity index (χ0v) is 23.1. The highest BCUT2D eigenvalue weighted by Gasteiger charge is 2.40. The highest BCUT2D eigenvalue weighted by molar-refractivity contribution is 7.13. The Hall–Kier alpha value is -2.99. The van der Waals surface area contributed by atoms with Gasteiger partial charge in [0, 0.05) is 65.4 Å². The maximum atomic E-state index is 13.3. The van der Waals surface area contributed by atoms with Gasteiger partial charge in [0.2, 0.25) is 5.91 Å². The minimum absolute atomic E-state index is 0.00966. The highest BCUT2D eigenvalue weighted by Crippen LogP contribution is 2.30. The molecule has 3 unspecified atom stereocenters. The first-order valence-corrected chi connectivity index (χ1v) is 14.5. The highest BCUT2D eigenvalue weighted by atomic mass is 35.5. The number of thiazole rings is 1. The van der Waals surface area contributed by atoms with Crippen LogP contribution < -0.4 is 10.6 Å². The summed E-state index contributed by atoms with van der Waals surface area (Å²) in [7, 11) is 2.05. The minimum atomic E-state index is -0.471. The Morgan fingerprint density at radius 3 is 2.72 bits per heavy atom. The number of benzene rings is 1. The number of carbonyl (C=O) groups excluding carboxylic acids is 3. The van der Waals surface area contributed by atoms with E-state index in [4.69, 9.17) is 11.6 Å². The fraction of sp³-hybridized carbons (Fsp3) is 0.481. The van der Waals surface area contributed by atoms with E-state index in [9.17, 15) is 19.5 Å². The monoisotopic (exact) mass is 570 g/mol. The summed E-state index contributed by atoms with van der Waals surface area (Å²) in [5, 5.41) is 17.7. The average molecular weight is 571 g/mol. The van der Waals surface area contributed by atoms with Gasteiger partial charge in [-0.2, -0.15) is 0 Å². The lowest BCUT2D eigenvalue weighted by atomic mass is 9.80. The number of aromatic nitrogens is 2. The van der Waals surface area contributed by atoms with Gasteiger partial charge in [-0.1, -0.05) is 11.6 Å². The number of fused-ring (bicyclic) bond motifs is 2. The zero-order chi connectivity index (χ0) is 27.3. The third-order valence-electron chi connectivity index (χ3n) is 7.95. The number of hydrogen-bond donors (Lipinski definition) is 4. The number of rotatable bonds is 5. The summed E-state index contributed by atoms with van der Waals surface area (Å²) in [5.41, 5.74) is 2.18. The molecule has 2 fully saturated rings. The number of nitrogens with zero attached hydrogens (tertiary/aromatic N) is 3. The van der Waals surface area contributed by atoms with Gasteiger partial charge in [0.05, 0.1) is 17.8 Å². The van der Waals surface area contributed by atoms with Gasteiger partial charge < -0.3 is 30.5 Å². The molecule has 3 aliphatic rings. The summed E-state index contributed by atoms with van der Waals surface area (Å²) in [6, 6.07) is 6.33. The minimum Gasteiger partial charge on any atom is -0.389 e. The molecular formula is C27H31ClN6O4S. The molecule has 4 N–H and O–H groups in total. The van der Waals surface area contributed by atoms with E-state index < -0.39 is 12.1 Å². The maximum Gasteiger partial charge on any atom is 0.280 e. The first kappa shape index (κ1) is 26.2. The van der Waals surface area contributed by atoms with Crippen LogP contribution in [-0.4, -0.2) is 87.5 Å². The van der Waals surface area contributed by atoms with Crippen LogP contribution in [0.3, 0.4) is 0 Å². The molecule has 1 saturated heterocycles. The van der Waals surface area contributed by atoms with Crippen LogP contribution in [0.1, 0.15) is 50.1 Å². The summed E-state index contributed by atoms with van der Waals surface area (Å²) in [6.07, 6.45) is 1.86. The van der Waals surface area contributed by atoms with Gasteiger partial charge >= 0.3 is 0 Å². The lowest BCUT2D eigenvalue weighted by Crippen LogP contribution is -2.59. The zero-order valence-electron chi connectivity index (χ0n) is 21.6. The number of hydrogen-bond acceptors (Lipinski definition) is 7. The normalized spacial score (nSPS) is 23.8. The van der Waals surface area contributed by atoms with Gasteiger partial charge in [0.1, 0.15) is 5.69 Å². The number of carbonyl (C=O) groups is 3. The van der Waals surface area contributed by atoms with Crippen molar-refractivity contribution in [2.45, 2.75) is 50.4 Å². The van der Waals surface area contributed by atoms with Crippen LogP contribution in [0.4, 0.5) is 0 Å². The molecule has 0 bridgehead atoms. The quantitative estimate of drug-likeness (QED) is 0.372. The van der Waals surface area contributed by atoms with Crippen LogP contribution in [0.25, 0.3) is 10.9 Å². The molecule has 3 atom stereocenters. The molecule has 1 aliphatic carbocycles. The number of halogens is 1. The topological polar surface area (TPSA) is 131 Å². The molecule has 0 spiro atoms. The Labute approximate surface area is 234 Å². The van der Waals surface area contributed by atoms with Crippen molar-refractivity contribution in [2.75, 3.05) is 26.7 Å². The molecule has 10 nitrogen and oxygen atoms in total. The SMILES string of the molecule is CN1CCc2nc(C(=O)NC3CC(C(=O)N4CC(O)C4)CCC3NC(=O)c3cc4cc(Cl)ccc4[nH]3)sc2C1. The van der Waals surface area contributed by atoms with E-state index in [1.807, 2.05) is 13.1 Å². The lowest BCUT2D eigenvalue weighted by molar-refractivity contribution is -0.147. The molecule has 39 heavy (non-hydrogen) atoms. The Balaban J connectivity index is 1.19. The van der Waals surface area contributed by atoms with Crippen molar-refractivity contribution in [3.05, 3.63) is 50.6 Å². The molecule has 3 aromatic rings. The molecule has 6 rings (SSSR count). The lowest BCUT2D eigenvalue weighted by Gasteiger charge is -2.42. The molecule has 12 heteroatoms. The summed E-state index contributed by atoms with van der Waals surface area (Å²) in [4.78, 5) is 52.3. The average Bonchev–Trinajstić information content (AvgIpc) is 3.51. The predicted octanol–water partition coefficient (Wildman–Crippen LogP) is 2.17. The van der Waals surface area contributed by atoms with Gasteiger partial charge in [-0.05, 0) is 50.6 Å². The van der Waals surface area contributed by atoms with E-state index in [1.54, 1.807) is 23.1 Å². The number of likely N-dealkylation sites (tertiary alicyclic amines) is 1. The standard InChI is InChI=1S/C27H31ClN6O4S/c1-33-7-6-20-23(13-33)39-26(32-20)25(37)31-21-9-14(27(38)34-11-17(35)12-34)2-4-19(21)30-24(36)22-10-15-8-16(28)3-5-18(15)29-22/h3,5,8,10,14,17,19,21,29,35H,2,4,6-7,9,11-13H2,1H3,(H,30,36)(H,31,37). The first-order valence-electron chi connectivity index (χ1n) is 13.3. The van der Waals surface area contributed by atoms with Crippen LogP contribution in [0.15, 0.2) is 24.3 Å². The number of H-pyrrole nitrogens is 1. The third kappa shape index (κ3) is 5.41. The molecule has 1 aromatic carbocycles. The van der Waals surface area contributed by atoms with Crippen molar-refractivity contribution in [3.63, 3.8) is 0 Å². The van der Waals surface area contributed by atoms with Crippen LogP contribution in [-0.2, 0) is 17.8 Å². The van der Waals surface area contributed by atoms with E-state index in [0.717, 1.165) is 41.0 Å². The molecule has 3 amide bonds. The Kier molecular flexibility index (Phi) is 7.09. The van der Waals surface area contributed by atoms with Crippen molar-refractivity contribution in [3.8, 4) is 0 Å². The summed E-state index contributed by atoms with van der Waals surface area (Å²) in [6.45, 7) is 2.37. The fourth-order valence-corrected chi connectivity index (χ4v) is 7.01. The van der Waals surface area contributed by atoms with Gasteiger partial charge in [-0.25, -0.2) is 4.98 Å². The first-order chi connectivity index (χ1) is 18.7. The van der Waals surface area contributed by atoms with Crippen molar-refractivity contribution in [1.29, 1.82) is 0 Å². The van der Waals surface area contributed by atoms with E-state index in [0.29, 0.717) is 48.1 Å². The van der Waals surface area contributed by atoms with Crippen molar-refractivity contribution < 1.29 is 19.5 Å². The van der Waals surface area contributed by atoms with Crippen molar-refractivity contribution in [1.82, 2.24) is 30.4 Å². The molecule has 2 aliphatic heterocycles.